The maximum absolute atomic E-state index is 13.9. The smallest absolute Gasteiger partial charge is 0.126 e. The van der Waals surface area contributed by atoms with E-state index in [2.05, 4.69) is 23.2 Å². The van der Waals surface area contributed by atoms with Crippen molar-refractivity contribution in [2.45, 2.75) is 45.6 Å². The molecule has 1 aliphatic heterocycles. The second-order valence-corrected chi connectivity index (χ2v) is 5.81. The van der Waals surface area contributed by atoms with E-state index in [1.54, 1.807) is 6.07 Å². The molecule has 2 rings (SSSR count). The summed E-state index contributed by atoms with van der Waals surface area (Å²) >= 11 is 0. The minimum Gasteiger partial charge on any atom is -0.314 e. The normalized spacial score (nSPS) is 16.5. The van der Waals surface area contributed by atoms with Crippen molar-refractivity contribution >= 4 is 24.8 Å². The molecule has 0 aromatic heterocycles. The Hall–Kier alpha value is -0.350. The number of hydrogen-bond acceptors (Lipinski definition) is 2. The maximum Gasteiger partial charge on any atom is 0.126 e. The fourth-order valence-corrected chi connectivity index (χ4v) is 2.96. The Labute approximate surface area is 146 Å². The van der Waals surface area contributed by atoms with Gasteiger partial charge in [0.05, 0.1) is 0 Å². The third kappa shape index (κ3) is 6.04. The van der Waals surface area contributed by atoms with Gasteiger partial charge in [-0.2, -0.15) is 0 Å². The van der Waals surface area contributed by atoms with Gasteiger partial charge in [0.25, 0.3) is 0 Å². The number of aryl methyl sites for hydroxylation is 1. The molecule has 0 saturated carbocycles. The minimum absolute atomic E-state index is 0. The van der Waals surface area contributed by atoms with Crippen molar-refractivity contribution in [2.75, 3.05) is 26.2 Å². The molecule has 0 amide bonds. The van der Waals surface area contributed by atoms with E-state index < -0.39 is 0 Å². The molecular formula is C17H29Cl2FN2. The fourth-order valence-electron chi connectivity index (χ4n) is 2.96. The molecule has 22 heavy (non-hydrogen) atoms. The summed E-state index contributed by atoms with van der Waals surface area (Å²) in [6.07, 6.45) is 4.85. The Morgan fingerprint density at radius 2 is 1.86 bits per heavy atom. The third-order valence-corrected chi connectivity index (χ3v) is 4.25. The van der Waals surface area contributed by atoms with Crippen molar-refractivity contribution in [3.63, 3.8) is 0 Å². The molecule has 2 nitrogen and oxygen atoms in total. The van der Waals surface area contributed by atoms with Crippen molar-refractivity contribution in [3.05, 3.63) is 35.1 Å². The van der Waals surface area contributed by atoms with Crippen LogP contribution in [-0.2, 0) is 0 Å². The van der Waals surface area contributed by atoms with Gasteiger partial charge >= 0.3 is 0 Å². The quantitative estimate of drug-likeness (QED) is 0.759. The number of nitrogens with zero attached hydrogens (tertiary/aromatic N) is 1. The number of benzene rings is 1. The molecule has 1 aromatic rings. The lowest BCUT2D eigenvalue weighted by molar-refractivity contribution is 0.162. The molecule has 5 heteroatoms. The lowest BCUT2D eigenvalue weighted by atomic mass is 9.97. The van der Waals surface area contributed by atoms with Crippen LogP contribution < -0.4 is 5.32 Å². The molecule has 0 radical (unpaired) electrons. The zero-order valence-electron chi connectivity index (χ0n) is 13.6. The predicted octanol–water partition coefficient (Wildman–Crippen LogP) is 4.50. The van der Waals surface area contributed by atoms with Crippen molar-refractivity contribution < 1.29 is 4.39 Å². The van der Waals surface area contributed by atoms with Gasteiger partial charge in [0.2, 0.25) is 0 Å². The van der Waals surface area contributed by atoms with Gasteiger partial charge in [0.15, 0.2) is 0 Å². The highest BCUT2D eigenvalue weighted by molar-refractivity contribution is 5.85. The van der Waals surface area contributed by atoms with E-state index in [-0.39, 0.29) is 30.6 Å². The van der Waals surface area contributed by atoms with Crippen LogP contribution in [0.3, 0.4) is 0 Å². The van der Waals surface area contributed by atoms with Gasteiger partial charge in [0, 0.05) is 32.2 Å². The third-order valence-electron chi connectivity index (χ3n) is 4.25. The summed E-state index contributed by atoms with van der Waals surface area (Å²) in [5.41, 5.74) is 1.88. The monoisotopic (exact) mass is 350 g/mol. The maximum atomic E-state index is 13.9. The molecular weight excluding hydrogens is 322 g/mol. The van der Waals surface area contributed by atoms with E-state index in [1.807, 2.05) is 13.0 Å². The molecule has 1 N–H and O–H groups in total. The summed E-state index contributed by atoms with van der Waals surface area (Å²) in [5, 5.41) is 3.39. The Balaban J connectivity index is 0.00000220. The molecule has 0 bridgehead atoms. The summed E-state index contributed by atoms with van der Waals surface area (Å²) in [4.78, 5) is 2.51. The van der Waals surface area contributed by atoms with Crippen LogP contribution in [0.2, 0.25) is 0 Å². The fraction of sp³-hybridized carbons (Fsp3) is 0.647. The summed E-state index contributed by atoms with van der Waals surface area (Å²) in [5.74, 6) is -0.0712. The lowest BCUT2D eigenvalue weighted by Gasteiger charge is -2.35. The summed E-state index contributed by atoms with van der Waals surface area (Å²) in [6, 6.07) is 6.14. The molecule has 0 unspecified atom stereocenters. The minimum atomic E-state index is -0.0712. The second kappa shape index (κ2) is 11.2. The van der Waals surface area contributed by atoms with Gasteiger partial charge in [-0.1, -0.05) is 38.3 Å². The van der Waals surface area contributed by atoms with E-state index in [0.29, 0.717) is 6.04 Å². The average molecular weight is 351 g/mol. The van der Waals surface area contributed by atoms with Gasteiger partial charge in [-0.25, -0.2) is 4.39 Å². The van der Waals surface area contributed by atoms with E-state index >= 15 is 0 Å². The Kier molecular flexibility index (Phi) is 11.0. The number of rotatable bonds is 6. The van der Waals surface area contributed by atoms with Crippen molar-refractivity contribution in [2.24, 2.45) is 0 Å². The summed E-state index contributed by atoms with van der Waals surface area (Å²) in [7, 11) is 0. The zero-order chi connectivity index (χ0) is 14.4. The first-order valence-electron chi connectivity index (χ1n) is 7.93. The molecule has 128 valence electrons. The van der Waals surface area contributed by atoms with E-state index in [1.165, 1.54) is 19.3 Å². The van der Waals surface area contributed by atoms with Gasteiger partial charge in [-0.15, -0.1) is 24.8 Å². The van der Waals surface area contributed by atoms with E-state index in [9.17, 15) is 4.39 Å². The molecule has 1 aliphatic rings. The molecule has 1 atom stereocenters. The van der Waals surface area contributed by atoms with Crippen LogP contribution in [0.5, 0.6) is 0 Å². The zero-order valence-corrected chi connectivity index (χ0v) is 15.2. The molecule has 1 heterocycles. The predicted molar refractivity (Wildman–Crippen MR) is 97.0 cm³/mol. The SMILES string of the molecule is CCCCC[C@H](c1ccc(C)c(F)c1)N1CCNCC1.Cl.Cl. The van der Waals surface area contributed by atoms with Gasteiger partial charge in [0.1, 0.15) is 5.82 Å². The summed E-state index contributed by atoms with van der Waals surface area (Å²) in [6.45, 7) is 8.26. The van der Waals surface area contributed by atoms with Crippen LogP contribution in [0.1, 0.15) is 49.8 Å². The highest BCUT2D eigenvalue weighted by atomic mass is 35.5. The van der Waals surface area contributed by atoms with Crippen LogP contribution in [-0.4, -0.2) is 31.1 Å². The second-order valence-electron chi connectivity index (χ2n) is 5.81. The summed E-state index contributed by atoms with van der Waals surface area (Å²) < 4.78 is 13.9. The first-order chi connectivity index (χ1) is 9.72. The largest absolute Gasteiger partial charge is 0.314 e. The first kappa shape index (κ1) is 21.6. The number of nitrogens with one attached hydrogen (secondary N) is 1. The number of hydrogen-bond donors (Lipinski definition) is 1. The van der Waals surface area contributed by atoms with Crippen LogP contribution in [0.4, 0.5) is 4.39 Å². The highest BCUT2D eigenvalue weighted by Gasteiger charge is 2.22. The van der Waals surface area contributed by atoms with Crippen molar-refractivity contribution in [1.82, 2.24) is 10.2 Å². The Morgan fingerprint density at radius 3 is 2.45 bits per heavy atom. The lowest BCUT2D eigenvalue weighted by Crippen LogP contribution is -2.45. The molecule has 1 saturated heterocycles. The molecule has 0 spiro atoms. The molecule has 1 aromatic carbocycles. The number of piperazine rings is 1. The van der Waals surface area contributed by atoms with Gasteiger partial charge in [-0.05, 0) is 30.5 Å². The van der Waals surface area contributed by atoms with Crippen LogP contribution in [0.25, 0.3) is 0 Å². The van der Waals surface area contributed by atoms with E-state index in [0.717, 1.165) is 43.7 Å². The number of unbranched alkanes of at least 4 members (excludes halogenated alkanes) is 2. The average Bonchev–Trinajstić information content (AvgIpc) is 2.48. The van der Waals surface area contributed by atoms with Crippen LogP contribution in [0, 0.1) is 12.7 Å². The van der Waals surface area contributed by atoms with Crippen molar-refractivity contribution in [3.8, 4) is 0 Å². The topological polar surface area (TPSA) is 15.3 Å². The van der Waals surface area contributed by atoms with Gasteiger partial charge in [-0.3, -0.25) is 4.90 Å². The standard InChI is InChI=1S/C17H27FN2.2ClH/c1-3-4-5-6-17(20-11-9-19-10-12-20)15-8-7-14(2)16(18)13-15;;/h7-8,13,17,19H,3-6,9-12H2,1-2H3;2*1H/t17-;;/m1../s1. The van der Waals surface area contributed by atoms with Crippen molar-refractivity contribution in [1.29, 1.82) is 0 Å². The Morgan fingerprint density at radius 1 is 1.18 bits per heavy atom. The molecule has 1 fully saturated rings. The van der Waals surface area contributed by atoms with E-state index in [4.69, 9.17) is 0 Å². The molecule has 0 aliphatic carbocycles. The first-order valence-corrected chi connectivity index (χ1v) is 7.93. The Bertz CT molecular complexity index is 423. The number of halogens is 3. The van der Waals surface area contributed by atoms with Crippen LogP contribution in [0.15, 0.2) is 18.2 Å². The highest BCUT2D eigenvalue weighted by Crippen LogP contribution is 2.28. The van der Waals surface area contributed by atoms with Gasteiger partial charge < -0.3 is 5.32 Å². The van der Waals surface area contributed by atoms with Crippen LogP contribution >= 0.6 is 24.8 Å².